The summed E-state index contributed by atoms with van der Waals surface area (Å²) in [5, 5.41) is 6.67. The summed E-state index contributed by atoms with van der Waals surface area (Å²) in [4.78, 5) is 24.5. The van der Waals surface area contributed by atoms with Crippen molar-refractivity contribution in [1.29, 1.82) is 0 Å². The van der Waals surface area contributed by atoms with Crippen LogP contribution in [0.5, 0.6) is 11.5 Å². The molecule has 1 N–H and O–H groups in total. The zero-order valence-corrected chi connectivity index (χ0v) is 24.0. The van der Waals surface area contributed by atoms with Crippen molar-refractivity contribution in [2.24, 2.45) is 0 Å². The first-order chi connectivity index (χ1) is 19.5. The van der Waals surface area contributed by atoms with Gasteiger partial charge in [0.05, 0.1) is 5.69 Å². The van der Waals surface area contributed by atoms with Crippen LogP contribution in [0.2, 0.25) is 0 Å². The Kier molecular flexibility index (Phi) is 7.92. The Balaban J connectivity index is 1.12. The summed E-state index contributed by atoms with van der Waals surface area (Å²) in [6, 6.07) is 18.2. The van der Waals surface area contributed by atoms with Crippen LogP contribution in [0.15, 0.2) is 71.7 Å². The number of ether oxygens (including phenoxy) is 3. The Hall–Kier alpha value is -4.47. The molecule has 0 atom stereocenters. The van der Waals surface area contributed by atoms with E-state index in [1.165, 1.54) is 12.0 Å². The van der Waals surface area contributed by atoms with E-state index < -0.39 is 5.60 Å². The quantitative estimate of drug-likeness (QED) is 0.269. The average Bonchev–Trinajstić information content (AvgIpc) is 3.46. The molecule has 0 saturated heterocycles. The number of amides is 1. The summed E-state index contributed by atoms with van der Waals surface area (Å²) < 4.78 is 22.2. The molecule has 1 amide bonds. The van der Waals surface area contributed by atoms with Crippen molar-refractivity contribution in [3.05, 3.63) is 84.0 Å². The Morgan fingerprint density at radius 2 is 1.56 bits per heavy atom. The van der Waals surface area contributed by atoms with E-state index in [2.05, 4.69) is 63.5 Å². The van der Waals surface area contributed by atoms with E-state index in [0.29, 0.717) is 17.3 Å². The number of carbonyl (C=O) groups excluding carboxylic acids is 1. The molecule has 1 fully saturated rings. The van der Waals surface area contributed by atoms with Gasteiger partial charge in [-0.15, -0.1) is 0 Å². The molecular formula is C31H35N5O5. The van der Waals surface area contributed by atoms with Crippen LogP contribution < -0.4 is 14.8 Å². The minimum absolute atomic E-state index is 0.0780. The minimum Gasteiger partial charge on any atom is -0.490 e. The number of hydrogen-bond acceptors (Lipinski definition) is 9. The number of nitrogens with one attached hydrogen (secondary N) is 1. The molecule has 1 aliphatic rings. The molecule has 0 aliphatic heterocycles. The number of rotatable bonds is 9. The molecule has 0 unspecified atom stereocenters. The van der Waals surface area contributed by atoms with Crippen molar-refractivity contribution >= 4 is 6.09 Å². The Morgan fingerprint density at radius 3 is 2.17 bits per heavy atom. The van der Waals surface area contributed by atoms with Crippen LogP contribution in [0.25, 0.3) is 11.6 Å². The number of aromatic nitrogens is 4. The monoisotopic (exact) mass is 557 g/mol. The number of nitrogens with zero attached hydrogens (tertiary/aromatic N) is 4. The van der Waals surface area contributed by atoms with Gasteiger partial charge in [0.2, 0.25) is 18.0 Å². The molecule has 41 heavy (non-hydrogen) atoms. The van der Waals surface area contributed by atoms with Crippen molar-refractivity contribution in [3.8, 4) is 23.1 Å². The second kappa shape index (κ2) is 11.6. The minimum atomic E-state index is -0.504. The van der Waals surface area contributed by atoms with E-state index in [1.54, 1.807) is 12.3 Å². The van der Waals surface area contributed by atoms with Crippen molar-refractivity contribution in [2.75, 3.05) is 0 Å². The third kappa shape index (κ3) is 7.19. The van der Waals surface area contributed by atoms with Gasteiger partial charge in [-0.05, 0) is 62.2 Å². The summed E-state index contributed by atoms with van der Waals surface area (Å²) in [5.74, 6) is 2.29. The maximum absolute atomic E-state index is 11.9. The second-order valence-corrected chi connectivity index (χ2v) is 11.6. The zero-order valence-electron chi connectivity index (χ0n) is 24.0. The molecule has 1 saturated carbocycles. The molecule has 214 valence electrons. The average molecular weight is 558 g/mol. The summed E-state index contributed by atoms with van der Waals surface area (Å²) in [6.07, 6.45) is 4.11. The first-order valence-corrected chi connectivity index (χ1v) is 13.6. The van der Waals surface area contributed by atoms with Crippen LogP contribution in [0, 0.1) is 0 Å². The number of alkyl carbamates (subject to hydrolysis) is 1. The van der Waals surface area contributed by atoms with Crippen molar-refractivity contribution < 1.29 is 23.5 Å². The molecule has 2 aromatic carbocycles. The fraction of sp³-hybridized carbons (Fsp3) is 0.387. The normalized spacial score (nSPS) is 16.9. The maximum atomic E-state index is 11.9. The smallest absolute Gasteiger partial charge is 0.407 e. The first kappa shape index (κ1) is 28.1. The van der Waals surface area contributed by atoms with Gasteiger partial charge < -0.3 is 24.1 Å². The second-order valence-electron chi connectivity index (χ2n) is 11.6. The third-order valence-electron chi connectivity index (χ3n) is 6.93. The van der Waals surface area contributed by atoms with Crippen molar-refractivity contribution in [3.63, 3.8) is 0 Å². The van der Waals surface area contributed by atoms with Gasteiger partial charge in [0.25, 0.3) is 0 Å². The van der Waals surface area contributed by atoms with Gasteiger partial charge >= 0.3 is 6.09 Å². The van der Waals surface area contributed by atoms with E-state index in [-0.39, 0.29) is 30.3 Å². The predicted molar refractivity (Wildman–Crippen MR) is 151 cm³/mol. The van der Waals surface area contributed by atoms with Gasteiger partial charge in [-0.3, -0.25) is 0 Å². The van der Waals surface area contributed by atoms with Gasteiger partial charge in [0.1, 0.15) is 29.8 Å². The zero-order chi connectivity index (χ0) is 29.0. The SMILES string of the molecule is CC(C)(C)OC(=O)NC1CC(Oc2ccc(C(C)(C)c3ccc(OCc4ccnc(-c5ncon5)n4)cc3)cc2)C1. The third-order valence-corrected chi connectivity index (χ3v) is 6.93. The predicted octanol–water partition coefficient (Wildman–Crippen LogP) is 5.87. The lowest BCUT2D eigenvalue weighted by Crippen LogP contribution is -2.50. The molecule has 0 radical (unpaired) electrons. The molecule has 0 spiro atoms. The highest BCUT2D eigenvalue weighted by Crippen LogP contribution is 2.34. The van der Waals surface area contributed by atoms with E-state index in [4.69, 9.17) is 18.7 Å². The molecule has 5 rings (SSSR count). The molecule has 2 aromatic heterocycles. The van der Waals surface area contributed by atoms with Crippen LogP contribution in [-0.2, 0) is 16.8 Å². The lowest BCUT2D eigenvalue weighted by molar-refractivity contribution is 0.0363. The number of benzene rings is 2. The Bertz CT molecular complexity index is 1440. The van der Waals surface area contributed by atoms with E-state index in [1.807, 2.05) is 45.0 Å². The van der Waals surface area contributed by atoms with Crippen molar-refractivity contribution in [1.82, 2.24) is 25.4 Å². The van der Waals surface area contributed by atoms with E-state index >= 15 is 0 Å². The summed E-state index contributed by atoms with van der Waals surface area (Å²) in [7, 11) is 0. The number of hydrogen-bond donors (Lipinski definition) is 1. The molecule has 2 heterocycles. The van der Waals surface area contributed by atoms with Gasteiger partial charge in [0.15, 0.2) is 0 Å². The molecule has 0 bridgehead atoms. The topological polar surface area (TPSA) is 121 Å². The fourth-order valence-electron chi connectivity index (χ4n) is 4.54. The highest BCUT2D eigenvalue weighted by Gasteiger charge is 2.33. The molecular weight excluding hydrogens is 522 g/mol. The largest absolute Gasteiger partial charge is 0.490 e. The molecule has 4 aromatic rings. The Labute approximate surface area is 239 Å². The number of carbonyl (C=O) groups is 1. The van der Waals surface area contributed by atoms with E-state index in [9.17, 15) is 4.79 Å². The molecule has 10 nitrogen and oxygen atoms in total. The lowest BCUT2D eigenvalue weighted by atomic mass is 9.78. The van der Waals surface area contributed by atoms with Crippen LogP contribution in [0.1, 0.15) is 64.3 Å². The lowest BCUT2D eigenvalue weighted by Gasteiger charge is -2.36. The summed E-state index contributed by atoms with van der Waals surface area (Å²) >= 11 is 0. The fourth-order valence-corrected chi connectivity index (χ4v) is 4.54. The summed E-state index contributed by atoms with van der Waals surface area (Å²) in [5.41, 5.74) is 2.32. The molecule has 1 aliphatic carbocycles. The summed E-state index contributed by atoms with van der Waals surface area (Å²) in [6.45, 7) is 10.2. The highest BCUT2D eigenvalue weighted by atomic mass is 16.6. The van der Waals surface area contributed by atoms with Gasteiger partial charge in [-0.2, -0.15) is 4.98 Å². The standard InChI is InChI=1S/C31H35N5O5/c1-30(2,3)41-29(37)35-23-16-26(17-23)40-25-12-8-21(9-13-25)31(4,5)20-6-10-24(11-7-20)38-18-22-14-15-32-27(34-22)28-33-19-39-36-28/h6-15,19,23,26H,16-18H2,1-5H3,(H,35,37). The maximum Gasteiger partial charge on any atom is 0.407 e. The van der Waals surface area contributed by atoms with E-state index in [0.717, 1.165) is 29.9 Å². The van der Waals surface area contributed by atoms with Gasteiger partial charge in [-0.25, -0.2) is 14.8 Å². The van der Waals surface area contributed by atoms with Gasteiger partial charge in [-0.1, -0.05) is 43.3 Å². The van der Waals surface area contributed by atoms with Gasteiger partial charge in [0, 0.05) is 30.5 Å². The van der Waals surface area contributed by atoms with Crippen LogP contribution >= 0.6 is 0 Å². The van der Waals surface area contributed by atoms with Crippen LogP contribution in [-0.4, -0.2) is 43.9 Å². The highest BCUT2D eigenvalue weighted by molar-refractivity contribution is 5.68. The Morgan fingerprint density at radius 1 is 0.902 bits per heavy atom. The molecule has 10 heteroatoms. The first-order valence-electron chi connectivity index (χ1n) is 13.6. The van der Waals surface area contributed by atoms with Crippen LogP contribution in [0.4, 0.5) is 4.79 Å². The van der Waals surface area contributed by atoms with Crippen molar-refractivity contribution in [2.45, 2.75) is 77.2 Å². The van der Waals surface area contributed by atoms with Crippen LogP contribution in [0.3, 0.4) is 0 Å².